The van der Waals surface area contributed by atoms with Crippen molar-refractivity contribution in [2.45, 2.75) is 44.6 Å². The molecule has 0 spiro atoms. The van der Waals surface area contributed by atoms with Crippen molar-refractivity contribution in [1.29, 1.82) is 0 Å². The van der Waals surface area contributed by atoms with Crippen molar-refractivity contribution in [2.75, 3.05) is 0 Å². The minimum absolute atomic E-state index is 0.00290. The summed E-state index contributed by atoms with van der Waals surface area (Å²) in [7, 11) is 0. The van der Waals surface area contributed by atoms with E-state index in [1.807, 2.05) is 0 Å². The number of carbonyl (C=O) groups is 1. The molecule has 6 heteroatoms. The highest BCUT2D eigenvalue weighted by Gasteiger charge is 2.38. The lowest BCUT2D eigenvalue weighted by atomic mass is 9.80. The van der Waals surface area contributed by atoms with Gasteiger partial charge in [-0.3, -0.25) is 4.79 Å². The number of rotatable bonds is 3. The van der Waals surface area contributed by atoms with E-state index in [1.165, 1.54) is 6.07 Å². The first-order valence-corrected chi connectivity index (χ1v) is 7.05. The van der Waals surface area contributed by atoms with Crippen LogP contribution in [0.2, 0.25) is 0 Å². The first kappa shape index (κ1) is 15.3. The summed E-state index contributed by atoms with van der Waals surface area (Å²) in [5.41, 5.74) is 5.64. The third kappa shape index (κ3) is 3.15. The number of amidine groups is 1. The van der Waals surface area contributed by atoms with Crippen molar-refractivity contribution in [3.63, 3.8) is 0 Å². The number of carbonyl (C=O) groups excluding carboxylic acids is 1. The number of nitrogens with two attached hydrogens (primary N) is 1. The zero-order valence-corrected chi connectivity index (χ0v) is 12.0. The van der Waals surface area contributed by atoms with E-state index in [2.05, 4.69) is 10.5 Å². The molecule has 2 rings (SSSR count). The second-order valence-electron chi connectivity index (χ2n) is 5.55. The van der Waals surface area contributed by atoms with Crippen LogP contribution in [0.25, 0.3) is 0 Å². The monoisotopic (exact) mass is 293 g/mol. The number of aryl methyl sites for hydroxylation is 1. The van der Waals surface area contributed by atoms with Crippen LogP contribution < -0.4 is 11.1 Å². The highest BCUT2D eigenvalue weighted by Crippen LogP contribution is 2.29. The van der Waals surface area contributed by atoms with Gasteiger partial charge in [-0.2, -0.15) is 0 Å². The summed E-state index contributed by atoms with van der Waals surface area (Å²) in [4.78, 5) is 12.3. The normalized spacial score (nSPS) is 18.3. The summed E-state index contributed by atoms with van der Waals surface area (Å²) in [6.07, 6.45) is 4.05. The average Bonchev–Trinajstić information content (AvgIpc) is 2.50. The zero-order valence-electron chi connectivity index (χ0n) is 12.0. The van der Waals surface area contributed by atoms with Gasteiger partial charge in [0.15, 0.2) is 5.84 Å². The summed E-state index contributed by atoms with van der Waals surface area (Å²) >= 11 is 0. The van der Waals surface area contributed by atoms with Crippen LogP contribution in [0.1, 0.15) is 48.0 Å². The summed E-state index contributed by atoms with van der Waals surface area (Å²) in [6, 6.07) is 4.32. The predicted octanol–water partition coefficient (Wildman–Crippen LogP) is 2.31. The molecule has 114 valence electrons. The molecule has 0 bridgehead atoms. The fourth-order valence-corrected chi connectivity index (χ4v) is 2.72. The number of hydrogen-bond donors (Lipinski definition) is 3. The van der Waals surface area contributed by atoms with E-state index >= 15 is 0 Å². The molecule has 0 aromatic heterocycles. The van der Waals surface area contributed by atoms with E-state index < -0.39 is 17.3 Å². The van der Waals surface area contributed by atoms with Gasteiger partial charge < -0.3 is 16.3 Å². The summed E-state index contributed by atoms with van der Waals surface area (Å²) in [6.45, 7) is 1.63. The maximum Gasteiger partial charge on any atom is 0.252 e. The molecule has 1 aliphatic rings. The van der Waals surface area contributed by atoms with Crippen molar-refractivity contribution in [2.24, 2.45) is 10.9 Å². The molecule has 21 heavy (non-hydrogen) atoms. The molecule has 1 aliphatic carbocycles. The first-order chi connectivity index (χ1) is 9.98. The van der Waals surface area contributed by atoms with Gasteiger partial charge in [0, 0.05) is 5.56 Å². The van der Waals surface area contributed by atoms with E-state index in [-0.39, 0.29) is 11.4 Å². The number of nitrogens with zero attached hydrogens (tertiary/aromatic N) is 1. The predicted molar refractivity (Wildman–Crippen MR) is 77.8 cm³/mol. The SMILES string of the molecule is Cc1ccc(C(=O)NC2(/C(N)=N/O)CCCCC2)cc1F. The van der Waals surface area contributed by atoms with E-state index in [0.717, 1.165) is 19.3 Å². The molecule has 0 radical (unpaired) electrons. The van der Waals surface area contributed by atoms with Gasteiger partial charge in [0.25, 0.3) is 5.91 Å². The number of nitrogens with one attached hydrogen (secondary N) is 1. The lowest BCUT2D eigenvalue weighted by Crippen LogP contribution is -2.58. The van der Waals surface area contributed by atoms with Gasteiger partial charge in [0.1, 0.15) is 11.4 Å². The van der Waals surface area contributed by atoms with Crippen molar-refractivity contribution >= 4 is 11.7 Å². The molecule has 1 amide bonds. The second-order valence-corrected chi connectivity index (χ2v) is 5.55. The third-order valence-corrected chi connectivity index (χ3v) is 4.09. The van der Waals surface area contributed by atoms with Crippen LogP contribution in [0.4, 0.5) is 4.39 Å². The van der Waals surface area contributed by atoms with Crippen LogP contribution in [-0.2, 0) is 0 Å². The zero-order chi connectivity index (χ0) is 15.5. The Morgan fingerprint density at radius 2 is 2.05 bits per heavy atom. The van der Waals surface area contributed by atoms with Crippen molar-refractivity contribution in [1.82, 2.24) is 5.32 Å². The minimum Gasteiger partial charge on any atom is -0.409 e. The van der Waals surface area contributed by atoms with Crippen LogP contribution in [0.3, 0.4) is 0 Å². The van der Waals surface area contributed by atoms with Crippen molar-refractivity contribution in [3.05, 3.63) is 35.1 Å². The van der Waals surface area contributed by atoms with Gasteiger partial charge in [-0.15, -0.1) is 0 Å². The average molecular weight is 293 g/mol. The molecule has 1 saturated carbocycles. The van der Waals surface area contributed by atoms with Crippen LogP contribution in [0, 0.1) is 12.7 Å². The molecule has 5 nitrogen and oxygen atoms in total. The Kier molecular flexibility index (Phi) is 4.45. The number of hydrogen-bond acceptors (Lipinski definition) is 3. The molecule has 4 N–H and O–H groups in total. The Morgan fingerprint density at radius 1 is 1.38 bits per heavy atom. The maximum atomic E-state index is 13.6. The third-order valence-electron chi connectivity index (χ3n) is 4.09. The highest BCUT2D eigenvalue weighted by molar-refractivity contribution is 6.00. The lowest BCUT2D eigenvalue weighted by molar-refractivity contribution is 0.0905. The topological polar surface area (TPSA) is 87.7 Å². The number of amides is 1. The largest absolute Gasteiger partial charge is 0.409 e. The first-order valence-electron chi connectivity index (χ1n) is 7.05. The molecule has 0 saturated heterocycles. The van der Waals surface area contributed by atoms with E-state index in [0.29, 0.717) is 18.4 Å². The number of oxime groups is 1. The molecular weight excluding hydrogens is 273 g/mol. The molecule has 1 fully saturated rings. The van der Waals surface area contributed by atoms with E-state index in [4.69, 9.17) is 10.9 Å². The van der Waals surface area contributed by atoms with E-state index in [1.54, 1.807) is 19.1 Å². The Hall–Kier alpha value is -2.11. The van der Waals surface area contributed by atoms with Gasteiger partial charge in [-0.25, -0.2) is 4.39 Å². The molecule has 0 aliphatic heterocycles. The molecular formula is C15H20FN3O2. The minimum atomic E-state index is -0.842. The molecule has 0 unspecified atom stereocenters. The van der Waals surface area contributed by atoms with Gasteiger partial charge in [-0.1, -0.05) is 30.5 Å². The Balaban J connectivity index is 2.23. The Bertz CT molecular complexity index is 566. The standard InChI is InChI=1S/C15H20FN3O2/c1-10-5-6-11(9-12(10)16)13(20)18-15(14(17)19-21)7-3-2-4-8-15/h5-6,9,21H,2-4,7-8H2,1H3,(H2,17,19)(H,18,20). The molecule has 0 atom stereocenters. The summed E-state index contributed by atoms with van der Waals surface area (Å²) in [5.74, 6) is -0.838. The Morgan fingerprint density at radius 3 is 2.62 bits per heavy atom. The molecule has 1 aromatic carbocycles. The van der Waals surface area contributed by atoms with Crippen LogP contribution >= 0.6 is 0 Å². The summed E-state index contributed by atoms with van der Waals surface area (Å²) < 4.78 is 13.6. The number of benzene rings is 1. The fraction of sp³-hybridized carbons (Fsp3) is 0.467. The number of halogens is 1. The van der Waals surface area contributed by atoms with Crippen molar-refractivity contribution < 1.29 is 14.4 Å². The fourth-order valence-electron chi connectivity index (χ4n) is 2.72. The van der Waals surface area contributed by atoms with Crippen LogP contribution in [-0.4, -0.2) is 22.5 Å². The van der Waals surface area contributed by atoms with E-state index in [9.17, 15) is 9.18 Å². The quantitative estimate of drug-likeness (QED) is 0.346. The van der Waals surface area contributed by atoms with Gasteiger partial charge in [-0.05, 0) is 37.5 Å². The Labute approximate surface area is 123 Å². The molecule has 0 heterocycles. The maximum absolute atomic E-state index is 13.6. The van der Waals surface area contributed by atoms with Gasteiger partial charge in [0.2, 0.25) is 0 Å². The molecule has 1 aromatic rings. The summed E-state index contributed by atoms with van der Waals surface area (Å²) in [5, 5.41) is 14.9. The van der Waals surface area contributed by atoms with Gasteiger partial charge in [0.05, 0.1) is 0 Å². The second kappa shape index (κ2) is 6.11. The van der Waals surface area contributed by atoms with Gasteiger partial charge >= 0.3 is 0 Å². The smallest absolute Gasteiger partial charge is 0.252 e. The highest BCUT2D eigenvalue weighted by atomic mass is 19.1. The van der Waals surface area contributed by atoms with Crippen LogP contribution in [0.5, 0.6) is 0 Å². The van der Waals surface area contributed by atoms with Crippen molar-refractivity contribution in [3.8, 4) is 0 Å². The van der Waals surface area contributed by atoms with Crippen LogP contribution in [0.15, 0.2) is 23.4 Å². The lowest BCUT2D eigenvalue weighted by Gasteiger charge is -2.36.